The summed E-state index contributed by atoms with van der Waals surface area (Å²) < 4.78 is 11.2. The third kappa shape index (κ3) is 44.7. The molecule has 9 nitrogen and oxygen atoms in total. The topological polar surface area (TPSA) is 149 Å². The third-order valence-corrected chi connectivity index (χ3v) is 15.3. The minimum Gasteiger partial charge on any atom is -0.394 e. The Balaban J connectivity index is 2.00. The molecule has 0 aromatic carbocycles. The first kappa shape index (κ1) is 71.9. The Morgan fingerprint density at radius 3 is 1.22 bits per heavy atom. The van der Waals surface area contributed by atoms with Crippen LogP contribution in [0.15, 0.2) is 60.8 Å². The summed E-state index contributed by atoms with van der Waals surface area (Å²) in [4.78, 5) is 13.0. The molecule has 6 N–H and O–H groups in total. The van der Waals surface area contributed by atoms with E-state index in [4.69, 9.17) is 9.47 Å². The monoisotopic (exact) mass is 1070 g/mol. The molecule has 1 rings (SSSR count). The van der Waals surface area contributed by atoms with Gasteiger partial charge >= 0.3 is 0 Å². The van der Waals surface area contributed by atoms with Crippen LogP contribution in [-0.4, -0.2) is 87.5 Å². The van der Waals surface area contributed by atoms with E-state index in [-0.39, 0.29) is 12.5 Å². The van der Waals surface area contributed by atoms with Crippen molar-refractivity contribution in [3.8, 4) is 0 Å². The van der Waals surface area contributed by atoms with Crippen LogP contribution >= 0.6 is 0 Å². The molecule has 9 heteroatoms. The molecule has 0 spiro atoms. The van der Waals surface area contributed by atoms with E-state index in [1.165, 1.54) is 225 Å². The number of carbonyl (C=O) groups is 1. The molecule has 76 heavy (non-hydrogen) atoms. The van der Waals surface area contributed by atoms with Crippen LogP contribution in [0.25, 0.3) is 0 Å². The van der Waals surface area contributed by atoms with E-state index in [9.17, 15) is 30.3 Å². The van der Waals surface area contributed by atoms with E-state index in [2.05, 4.69) is 67.8 Å². The average molecular weight is 1070 g/mol. The molecule has 0 radical (unpaired) electrons. The van der Waals surface area contributed by atoms with E-state index < -0.39 is 49.5 Å². The van der Waals surface area contributed by atoms with Gasteiger partial charge in [-0.05, 0) is 70.6 Å². The van der Waals surface area contributed by atoms with Crippen LogP contribution in [-0.2, 0) is 14.3 Å². The first-order valence-corrected chi connectivity index (χ1v) is 32.5. The van der Waals surface area contributed by atoms with Crippen molar-refractivity contribution in [1.29, 1.82) is 0 Å². The summed E-state index contributed by atoms with van der Waals surface area (Å²) in [6, 6.07) is -0.827. The van der Waals surface area contributed by atoms with Crippen LogP contribution in [0.3, 0.4) is 0 Å². The van der Waals surface area contributed by atoms with Crippen molar-refractivity contribution in [3.05, 3.63) is 60.8 Å². The Kier molecular flexibility index (Phi) is 53.1. The number of hydrogen-bond acceptors (Lipinski definition) is 8. The van der Waals surface area contributed by atoms with Crippen molar-refractivity contribution in [2.24, 2.45) is 0 Å². The van der Waals surface area contributed by atoms with Crippen LogP contribution in [0.5, 0.6) is 0 Å². The lowest BCUT2D eigenvalue weighted by Crippen LogP contribution is -2.60. The maximum absolute atomic E-state index is 13.0. The quantitative estimate of drug-likeness (QED) is 0.0261. The summed E-state index contributed by atoms with van der Waals surface area (Å²) in [5.41, 5.74) is 0. The molecule has 1 saturated heterocycles. The zero-order valence-corrected chi connectivity index (χ0v) is 49.5. The van der Waals surface area contributed by atoms with Gasteiger partial charge in [-0.15, -0.1) is 0 Å². The summed E-state index contributed by atoms with van der Waals surface area (Å²) in [7, 11) is 0. The van der Waals surface area contributed by atoms with Crippen LogP contribution in [0.2, 0.25) is 0 Å². The second-order valence-corrected chi connectivity index (χ2v) is 22.5. The molecule has 444 valence electrons. The van der Waals surface area contributed by atoms with Crippen molar-refractivity contribution < 1.29 is 39.8 Å². The van der Waals surface area contributed by atoms with Gasteiger partial charge < -0.3 is 40.3 Å². The zero-order valence-electron chi connectivity index (χ0n) is 49.5. The van der Waals surface area contributed by atoms with Gasteiger partial charge in [-0.2, -0.15) is 0 Å². The fourth-order valence-corrected chi connectivity index (χ4v) is 10.1. The molecule has 1 aliphatic heterocycles. The van der Waals surface area contributed by atoms with Gasteiger partial charge in [-0.3, -0.25) is 4.79 Å². The summed E-state index contributed by atoms with van der Waals surface area (Å²) in [5.74, 6) is -0.188. The number of allylic oxidation sites excluding steroid dienone is 9. The summed E-state index contributed by atoms with van der Waals surface area (Å²) >= 11 is 0. The third-order valence-electron chi connectivity index (χ3n) is 15.3. The van der Waals surface area contributed by atoms with Gasteiger partial charge in [0.15, 0.2) is 6.29 Å². The first-order valence-electron chi connectivity index (χ1n) is 32.5. The number of unbranched alkanes of at least 4 members (excludes halogenated alkanes) is 38. The molecule has 1 heterocycles. The smallest absolute Gasteiger partial charge is 0.220 e. The standard InChI is InChI=1S/C67H123NO8/c1-3-5-7-9-11-13-15-17-18-19-20-21-22-23-24-25-26-27-28-29-30-31-32-33-34-35-36-37-38-39-40-41-42-43-44-45-47-49-51-53-55-57-63(71)68-60(59-75-67-66(74)65(73)64(72)62(58-69)76-67)61(70)56-54-52-50-48-46-16-14-12-10-8-6-4-2/h10,12,15,17,19-20,46,48,54,56,60-62,64-67,69-70,72-74H,3-9,11,13-14,16,18,21-45,47,49-53,55,57-59H2,1-2H3,(H,68,71)/b12-10+,17-15-,20-19-,48-46+,56-54+. The van der Waals surface area contributed by atoms with Crippen molar-refractivity contribution in [2.75, 3.05) is 13.2 Å². The zero-order chi connectivity index (χ0) is 55.0. The van der Waals surface area contributed by atoms with Gasteiger partial charge in [-0.1, -0.05) is 286 Å². The molecule has 7 unspecified atom stereocenters. The fourth-order valence-electron chi connectivity index (χ4n) is 10.1. The van der Waals surface area contributed by atoms with Gasteiger partial charge in [0.1, 0.15) is 24.4 Å². The number of aliphatic hydroxyl groups is 5. The highest BCUT2D eigenvalue weighted by Gasteiger charge is 2.44. The summed E-state index contributed by atoms with van der Waals surface area (Å²) in [6.07, 6.45) is 70.7. The van der Waals surface area contributed by atoms with E-state index in [1.54, 1.807) is 6.08 Å². The molecular weight excluding hydrogens is 947 g/mol. The Morgan fingerprint density at radius 2 is 0.803 bits per heavy atom. The minimum absolute atomic E-state index is 0.188. The van der Waals surface area contributed by atoms with Gasteiger partial charge in [0.2, 0.25) is 5.91 Å². The molecule has 1 fully saturated rings. The number of hydrogen-bond donors (Lipinski definition) is 6. The summed E-state index contributed by atoms with van der Waals surface area (Å²) in [6.45, 7) is 3.71. The van der Waals surface area contributed by atoms with Crippen LogP contribution in [0, 0.1) is 0 Å². The lowest BCUT2D eigenvalue weighted by molar-refractivity contribution is -0.302. The predicted octanol–water partition coefficient (Wildman–Crippen LogP) is 17.0. The van der Waals surface area contributed by atoms with Crippen molar-refractivity contribution in [3.63, 3.8) is 0 Å². The Hall–Kier alpha value is -2.11. The SMILES string of the molecule is CCCC/C=C/CC/C=C/CC/C=C/C(O)C(COC1OC(CO)C(O)C(O)C1O)NC(=O)CCCCCCCCCCCCCCCCCCCCCCCCCCCCCCC/C=C\C/C=C\CCCCCCC. The molecule has 1 aliphatic rings. The number of nitrogens with one attached hydrogen (secondary N) is 1. The van der Waals surface area contributed by atoms with Crippen molar-refractivity contribution >= 4 is 5.91 Å². The number of amides is 1. The van der Waals surface area contributed by atoms with E-state index in [0.29, 0.717) is 6.42 Å². The van der Waals surface area contributed by atoms with Crippen LogP contribution < -0.4 is 5.32 Å². The molecule has 1 amide bonds. The average Bonchev–Trinajstić information content (AvgIpc) is 3.42. The Morgan fingerprint density at radius 1 is 0.447 bits per heavy atom. The van der Waals surface area contributed by atoms with Gasteiger partial charge in [-0.25, -0.2) is 0 Å². The molecule has 0 aliphatic carbocycles. The maximum atomic E-state index is 13.0. The number of aliphatic hydroxyl groups excluding tert-OH is 5. The van der Waals surface area contributed by atoms with Crippen molar-refractivity contribution in [1.82, 2.24) is 5.32 Å². The molecule has 0 aromatic heterocycles. The van der Waals surface area contributed by atoms with E-state index in [0.717, 1.165) is 57.8 Å². The normalized spacial score (nSPS) is 19.2. The Bertz CT molecular complexity index is 1380. The fraction of sp³-hybridized carbons (Fsp3) is 0.836. The first-order chi connectivity index (χ1) is 37.3. The molecule has 0 saturated carbocycles. The van der Waals surface area contributed by atoms with E-state index >= 15 is 0 Å². The van der Waals surface area contributed by atoms with E-state index in [1.807, 2.05) is 6.08 Å². The second kappa shape index (κ2) is 56.2. The second-order valence-electron chi connectivity index (χ2n) is 22.5. The molecule has 0 bridgehead atoms. The molecular formula is C67H123NO8. The van der Waals surface area contributed by atoms with Gasteiger partial charge in [0.25, 0.3) is 0 Å². The summed E-state index contributed by atoms with van der Waals surface area (Å²) in [5, 5.41) is 54.4. The van der Waals surface area contributed by atoms with Crippen LogP contribution in [0.1, 0.15) is 303 Å². The molecule has 0 aromatic rings. The van der Waals surface area contributed by atoms with Gasteiger partial charge in [0, 0.05) is 6.42 Å². The number of rotatable bonds is 56. The lowest BCUT2D eigenvalue weighted by atomic mass is 9.99. The molecule has 7 atom stereocenters. The predicted molar refractivity (Wildman–Crippen MR) is 322 cm³/mol. The highest BCUT2D eigenvalue weighted by Crippen LogP contribution is 2.23. The number of carbonyl (C=O) groups excluding carboxylic acids is 1. The lowest BCUT2D eigenvalue weighted by Gasteiger charge is -2.40. The minimum atomic E-state index is -1.57. The highest BCUT2D eigenvalue weighted by molar-refractivity contribution is 5.76. The van der Waals surface area contributed by atoms with Crippen LogP contribution in [0.4, 0.5) is 0 Å². The largest absolute Gasteiger partial charge is 0.394 e. The Labute approximate surface area is 468 Å². The van der Waals surface area contributed by atoms with Crippen molar-refractivity contribution in [2.45, 2.75) is 346 Å². The number of ether oxygens (including phenoxy) is 2. The maximum Gasteiger partial charge on any atom is 0.220 e. The van der Waals surface area contributed by atoms with Gasteiger partial charge in [0.05, 0.1) is 25.4 Å². The highest BCUT2D eigenvalue weighted by atomic mass is 16.7.